The number of rotatable bonds is 5. The predicted octanol–water partition coefficient (Wildman–Crippen LogP) is 3.58. The molecule has 1 aromatic heterocycles. The molecule has 0 saturated heterocycles. The number of ether oxygens (including phenoxy) is 1. The molecular weight excluding hydrogens is 276 g/mol. The molecule has 0 spiro atoms. The number of aromatic nitrogens is 2. The van der Waals surface area contributed by atoms with Crippen LogP contribution in [-0.4, -0.2) is 22.4 Å². The van der Waals surface area contributed by atoms with E-state index in [1.807, 2.05) is 37.4 Å². The molecule has 0 N–H and O–H groups in total. The molecule has 1 aromatic carbocycles. The molecule has 0 aliphatic heterocycles. The maximum atomic E-state index is 11.9. The third-order valence-corrected chi connectivity index (χ3v) is 3.41. The van der Waals surface area contributed by atoms with E-state index in [1.54, 1.807) is 17.8 Å². The summed E-state index contributed by atoms with van der Waals surface area (Å²) in [6.45, 7) is 4.14. The van der Waals surface area contributed by atoms with Gasteiger partial charge in [-0.05, 0) is 37.1 Å². The Morgan fingerprint density at radius 3 is 2.80 bits per heavy atom. The largest absolute Gasteiger partial charge is 0.466 e. The number of benzene rings is 1. The maximum Gasteiger partial charge on any atom is 0.313 e. The van der Waals surface area contributed by atoms with Crippen LogP contribution in [0.25, 0.3) is 5.69 Å². The number of carbonyl (C=O) groups excluding carboxylic acids is 1. The Morgan fingerprint density at radius 2 is 2.25 bits per heavy atom. The fraction of sp³-hybridized carbons (Fsp3) is 0.333. The molecule has 0 aliphatic rings. The lowest BCUT2D eigenvalue weighted by atomic mass is 9.96. The standard InChI is InChI=1S/C15H17ClN2O2/c1-3-12(15(19)20-4-2)11-6-7-14(13(16)10-11)18-9-5-8-17-18/h5-10,12H,3-4H2,1-2H3. The smallest absolute Gasteiger partial charge is 0.313 e. The Balaban J connectivity index is 2.30. The number of carbonyl (C=O) groups is 1. The molecule has 0 bridgehead atoms. The number of esters is 1. The van der Waals surface area contributed by atoms with E-state index in [0.29, 0.717) is 18.1 Å². The van der Waals surface area contributed by atoms with Crippen molar-refractivity contribution in [1.82, 2.24) is 9.78 Å². The Kier molecular flexibility index (Phi) is 4.79. The highest BCUT2D eigenvalue weighted by Crippen LogP contribution is 2.28. The summed E-state index contributed by atoms with van der Waals surface area (Å²) < 4.78 is 6.78. The molecule has 20 heavy (non-hydrogen) atoms. The van der Waals surface area contributed by atoms with Crippen LogP contribution in [0.15, 0.2) is 36.7 Å². The highest BCUT2D eigenvalue weighted by molar-refractivity contribution is 6.32. The molecule has 1 unspecified atom stereocenters. The van der Waals surface area contributed by atoms with Crippen molar-refractivity contribution in [2.75, 3.05) is 6.61 Å². The lowest BCUT2D eigenvalue weighted by Gasteiger charge is -2.15. The first-order valence-corrected chi connectivity index (χ1v) is 7.01. The zero-order valence-corrected chi connectivity index (χ0v) is 12.3. The van der Waals surface area contributed by atoms with E-state index >= 15 is 0 Å². The van der Waals surface area contributed by atoms with Crippen LogP contribution in [0.3, 0.4) is 0 Å². The van der Waals surface area contributed by atoms with Crippen LogP contribution in [0.4, 0.5) is 0 Å². The molecule has 0 saturated carbocycles. The average molecular weight is 293 g/mol. The highest BCUT2D eigenvalue weighted by atomic mass is 35.5. The predicted molar refractivity (Wildman–Crippen MR) is 78.2 cm³/mol. The summed E-state index contributed by atoms with van der Waals surface area (Å²) in [5.74, 6) is -0.489. The van der Waals surface area contributed by atoms with Crippen LogP contribution in [0.1, 0.15) is 31.7 Å². The zero-order valence-electron chi connectivity index (χ0n) is 11.5. The van der Waals surface area contributed by atoms with Gasteiger partial charge in [-0.1, -0.05) is 24.6 Å². The van der Waals surface area contributed by atoms with Gasteiger partial charge in [0.2, 0.25) is 0 Å². The molecule has 106 valence electrons. The second kappa shape index (κ2) is 6.57. The lowest BCUT2D eigenvalue weighted by Crippen LogP contribution is -2.15. The monoisotopic (exact) mass is 292 g/mol. The molecule has 0 amide bonds. The fourth-order valence-electron chi connectivity index (χ4n) is 2.12. The first-order chi connectivity index (χ1) is 9.67. The summed E-state index contributed by atoms with van der Waals surface area (Å²) >= 11 is 6.29. The van der Waals surface area contributed by atoms with Gasteiger partial charge >= 0.3 is 5.97 Å². The van der Waals surface area contributed by atoms with Crippen LogP contribution < -0.4 is 0 Å². The SMILES string of the molecule is CCOC(=O)C(CC)c1ccc(-n2cccn2)c(Cl)c1. The Morgan fingerprint density at radius 1 is 1.45 bits per heavy atom. The van der Waals surface area contributed by atoms with Crippen molar-refractivity contribution in [3.8, 4) is 5.69 Å². The second-order valence-electron chi connectivity index (χ2n) is 4.37. The zero-order chi connectivity index (χ0) is 14.5. The second-order valence-corrected chi connectivity index (χ2v) is 4.78. The summed E-state index contributed by atoms with van der Waals surface area (Å²) in [5, 5.41) is 4.71. The summed E-state index contributed by atoms with van der Waals surface area (Å²) in [5.41, 5.74) is 1.66. The van der Waals surface area contributed by atoms with Gasteiger partial charge in [-0.15, -0.1) is 0 Å². The Hall–Kier alpha value is -1.81. The lowest BCUT2D eigenvalue weighted by molar-refractivity contribution is -0.145. The normalized spacial score (nSPS) is 12.2. The molecule has 0 radical (unpaired) electrons. The third kappa shape index (κ3) is 3.02. The van der Waals surface area contributed by atoms with Gasteiger partial charge in [0, 0.05) is 12.4 Å². The minimum atomic E-state index is -0.279. The molecule has 0 fully saturated rings. The van der Waals surface area contributed by atoms with Crippen molar-refractivity contribution < 1.29 is 9.53 Å². The van der Waals surface area contributed by atoms with Crippen LogP contribution in [0.5, 0.6) is 0 Å². The van der Waals surface area contributed by atoms with Crippen LogP contribution in [-0.2, 0) is 9.53 Å². The quantitative estimate of drug-likeness (QED) is 0.791. The van der Waals surface area contributed by atoms with E-state index < -0.39 is 0 Å². The van der Waals surface area contributed by atoms with Gasteiger partial charge < -0.3 is 4.74 Å². The maximum absolute atomic E-state index is 11.9. The first-order valence-electron chi connectivity index (χ1n) is 6.63. The highest BCUT2D eigenvalue weighted by Gasteiger charge is 2.20. The number of hydrogen-bond donors (Lipinski definition) is 0. The topological polar surface area (TPSA) is 44.1 Å². The third-order valence-electron chi connectivity index (χ3n) is 3.10. The summed E-state index contributed by atoms with van der Waals surface area (Å²) in [7, 11) is 0. The summed E-state index contributed by atoms with van der Waals surface area (Å²) in [4.78, 5) is 11.9. The van der Waals surface area contributed by atoms with Gasteiger partial charge in [-0.2, -0.15) is 5.10 Å². The molecule has 1 heterocycles. The van der Waals surface area contributed by atoms with E-state index in [0.717, 1.165) is 11.3 Å². The molecule has 1 atom stereocenters. The summed E-state index contributed by atoms with van der Waals surface area (Å²) in [6, 6.07) is 7.40. The molecule has 0 aliphatic carbocycles. The average Bonchev–Trinajstić information content (AvgIpc) is 2.94. The molecule has 2 rings (SSSR count). The summed E-state index contributed by atoms with van der Waals surface area (Å²) in [6.07, 6.45) is 4.19. The van der Waals surface area contributed by atoms with E-state index in [2.05, 4.69) is 5.10 Å². The van der Waals surface area contributed by atoms with Gasteiger partial charge in [0.1, 0.15) is 0 Å². The van der Waals surface area contributed by atoms with E-state index in [4.69, 9.17) is 16.3 Å². The van der Waals surface area contributed by atoms with Gasteiger partial charge in [0.15, 0.2) is 0 Å². The van der Waals surface area contributed by atoms with Crippen molar-refractivity contribution in [3.63, 3.8) is 0 Å². The van der Waals surface area contributed by atoms with Crippen molar-refractivity contribution in [2.24, 2.45) is 0 Å². The number of hydrogen-bond acceptors (Lipinski definition) is 3. The number of nitrogens with zero attached hydrogens (tertiary/aromatic N) is 2. The van der Waals surface area contributed by atoms with E-state index in [9.17, 15) is 4.79 Å². The minimum Gasteiger partial charge on any atom is -0.466 e. The Labute approximate surface area is 123 Å². The van der Waals surface area contributed by atoms with Gasteiger partial charge in [-0.25, -0.2) is 4.68 Å². The molecule has 4 nitrogen and oxygen atoms in total. The molecular formula is C15H17ClN2O2. The van der Waals surface area contributed by atoms with Crippen molar-refractivity contribution >= 4 is 17.6 Å². The van der Waals surface area contributed by atoms with Crippen molar-refractivity contribution in [1.29, 1.82) is 0 Å². The van der Waals surface area contributed by atoms with E-state index in [1.165, 1.54) is 0 Å². The fourth-order valence-corrected chi connectivity index (χ4v) is 2.39. The Bertz CT molecular complexity index is 582. The van der Waals surface area contributed by atoms with Crippen molar-refractivity contribution in [2.45, 2.75) is 26.2 Å². The van der Waals surface area contributed by atoms with E-state index in [-0.39, 0.29) is 11.9 Å². The molecule has 2 aromatic rings. The minimum absolute atomic E-state index is 0.210. The first kappa shape index (κ1) is 14.6. The van der Waals surface area contributed by atoms with Gasteiger partial charge in [-0.3, -0.25) is 4.79 Å². The molecule has 5 heteroatoms. The van der Waals surface area contributed by atoms with Crippen LogP contribution in [0.2, 0.25) is 5.02 Å². The van der Waals surface area contributed by atoms with Gasteiger partial charge in [0.25, 0.3) is 0 Å². The van der Waals surface area contributed by atoms with Crippen molar-refractivity contribution in [3.05, 3.63) is 47.2 Å². The van der Waals surface area contributed by atoms with Crippen LogP contribution in [0, 0.1) is 0 Å². The van der Waals surface area contributed by atoms with Crippen LogP contribution >= 0.6 is 11.6 Å². The van der Waals surface area contributed by atoms with Gasteiger partial charge in [0.05, 0.1) is 23.2 Å². The number of halogens is 1.